The molecule has 0 amide bonds. The number of aromatic nitrogens is 2. The van der Waals surface area contributed by atoms with Gasteiger partial charge >= 0.3 is 0 Å². The number of imidazole rings is 1. The van der Waals surface area contributed by atoms with E-state index in [0.29, 0.717) is 0 Å². The third-order valence-corrected chi connectivity index (χ3v) is 2.54. The van der Waals surface area contributed by atoms with Gasteiger partial charge in [-0.1, -0.05) is 0 Å². The molecule has 1 unspecified atom stereocenters. The van der Waals surface area contributed by atoms with E-state index < -0.39 is 11.2 Å². The highest BCUT2D eigenvalue weighted by molar-refractivity contribution is 5.11. The van der Waals surface area contributed by atoms with Gasteiger partial charge in [0, 0.05) is 12.4 Å². The van der Waals surface area contributed by atoms with Crippen LogP contribution in [0.25, 0.3) is 0 Å². The molecule has 0 aromatic carbocycles. The van der Waals surface area contributed by atoms with Crippen LogP contribution in [0, 0.1) is 0 Å². The van der Waals surface area contributed by atoms with Gasteiger partial charge in [-0.3, -0.25) is 0 Å². The minimum absolute atomic E-state index is 0.199. The fraction of sp³-hybridized carbons (Fsp3) is 0.667. The number of nitrogens with zero attached hydrogens (tertiary/aromatic N) is 2. The van der Waals surface area contributed by atoms with E-state index in [0.717, 1.165) is 0 Å². The first-order valence-electron chi connectivity index (χ1n) is 4.50. The Hall–Kier alpha value is -0.940. The largest absolute Gasteiger partial charge is 0.323 e. The molecule has 0 spiro atoms. The summed E-state index contributed by atoms with van der Waals surface area (Å²) in [6, 6.07) is 0. The van der Waals surface area contributed by atoms with Crippen LogP contribution in [0.4, 0.5) is 4.39 Å². The zero-order valence-electron chi connectivity index (χ0n) is 8.79. The number of hydrogen-bond donors (Lipinski definition) is 2. The molecule has 0 aliphatic carbocycles. The molecule has 5 heteroatoms. The average molecular weight is 200 g/mol. The van der Waals surface area contributed by atoms with Crippen molar-refractivity contribution in [2.24, 2.45) is 11.5 Å². The van der Waals surface area contributed by atoms with Gasteiger partial charge in [-0.15, -0.1) is 0 Å². The lowest BCUT2D eigenvalue weighted by Gasteiger charge is -2.33. The summed E-state index contributed by atoms with van der Waals surface area (Å²) >= 11 is 0. The number of alkyl halides is 1. The van der Waals surface area contributed by atoms with E-state index in [-0.39, 0.29) is 12.5 Å². The number of hydrogen-bond acceptors (Lipinski definition) is 3. The first-order chi connectivity index (χ1) is 6.30. The van der Waals surface area contributed by atoms with Crippen molar-refractivity contribution in [3.8, 4) is 0 Å². The fourth-order valence-corrected chi connectivity index (χ4v) is 1.16. The van der Waals surface area contributed by atoms with Crippen molar-refractivity contribution < 1.29 is 4.39 Å². The van der Waals surface area contributed by atoms with Crippen LogP contribution in [-0.2, 0) is 12.3 Å². The zero-order valence-corrected chi connectivity index (χ0v) is 8.79. The second-order valence-corrected chi connectivity index (χ2v) is 4.13. The first kappa shape index (κ1) is 11.1. The third-order valence-electron chi connectivity index (χ3n) is 2.54. The fourth-order valence-electron chi connectivity index (χ4n) is 1.16. The lowest BCUT2D eigenvalue weighted by Crippen LogP contribution is -2.50. The van der Waals surface area contributed by atoms with E-state index in [4.69, 9.17) is 11.5 Å². The van der Waals surface area contributed by atoms with Gasteiger partial charge in [-0.25, -0.2) is 9.37 Å². The molecule has 0 saturated heterocycles. The van der Waals surface area contributed by atoms with Crippen molar-refractivity contribution in [2.45, 2.75) is 38.6 Å². The summed E-state index contributed by atoms with van der Waals surface area (Å²) in [6.07, 6.45) is 3.16. The molecule has 1 heterocycles. The van der Waals surface area contributed by atoms with E-state index >= 15 is 0 Å². The van der Waals surface area contributed by atoms with E-state index in [1.165, 1.54) is 13.1 Å². The van der Waals surface area contributed by atoms with Gasteiger partial charge in [0.25, 0.3) is 0 Å². The molecule has 1 aromatic rings. The SMILES string of the molecule is CC(C)(N)C(C)(F)c1nccn1CN. The van der Waals surface area contributed by atoms with Crippen molar-refractivity contribution in [3.63, 3.8) is 0 Å². The van der Waals surface area contributed by atoms with Gasteiger partial charge in [0.15, 0.2) is 5.67 Å². The summed E-state index contributed by atoms with van der Waals surface area (Å²) in [5.74, 6) is 0.271. The topological polar surface area (TPSA) is 69.9 Å². The molecule has 80 valence electrons. The van der Waals surface area contributed by atoms with Crippen molar-refractivity contribution in [3.05, 3.63) is 18.2 Å². The first-order valence-corrected chi connectivity index (χ1v) is 4.50. The summed E-state index contributed by atoms with van der Waals surface area (Å²) < 4.78 is 15.9. The molecule has 4 nitrogen and oxygen atoms in total. The van der Waals surface area contributed by atoms with Crippen molar-refractivity contribution in [2.75, 3.05) is 0 Å². The van der Waals surface area contributed by atoms with E-state index in [2.05, 4.69) is 4.98 Å². The van der Waals surface area contributed by atoms with Crippen molar-refractivity contribution in [1.82, 2.24) is 9.55 Å². The smallest absolute Gasteiger partial charge is 0.182 e. The van der Waals surface area contributed by atoms with Gasteiger partial charge in [-0.2, -0.15) is 0 Å². The lowest BCUT2D eigenvalue weighted by molar-refractivity contribution is 0.0806. The second kappa shape index (κ2) is 3.33. The maximum atomic E-state index is 14.3. The maximum absolute atomic E-state index is 14.3. The standard InChI is InChI=1S/C9H17FN4/c1-8(2,12)9(3,10)7-13-4-5-14(7)6-11/h4-5H,6,11-12H2,1-3H3. The van der Waals surface area contributed by atoms with Crippen LogP contribution in [0.3, 0.4) is 0 Å². The molecule has 0 aliphatic rings. The normalized spacial score (nSPS) is 16.7. The van der Waals surface area contributed by atoms with Gasteiger partial charge in [0.2, 0.25) is 0 Å². The van der Waals surface area contributed by atoms with Crippen LogP contribution in [-0.4, -0.2) is 15.1 Å². The molecular formula is C9H17FN4. The highest BCUT2D eigenvalue weighted by Crippen LogP contribution is 2.33. The van der Waals surface area contributed by atoms with Crippen LogP contribution in [0.15, 0.2) is 12.4 Å². The lowest BCUT2D eigenvalue weighted by atomic mass is 9.86. The van der Waals surface area contributed by atoms with E-state index in [1.807, 2.05) is 0 Å². The van der Waals surface area contributed by atoms with Crippen LogP contribution in [0.2, 0.25) is 0 Å². The molecule has 14 heavy (non-hydrogen) atoms. The Balaban J connectivity index is 3.16. The van der Waals surface area contributed by atoms with E-state index in [9.17, 15) is 4.39 Å². The third kappa shape index (κ3) is 1.65. The number of halogens is 1. The molecule has 4 N–H and O–H groups in total. The minimum atomic E-state index is -1.70. The molecule has 1 atom stereocenters. The molecule has 0 saturated carbocycles. The Morgan fingerprint density at radius 3 is 2.50 bits per heavy atom. The van der Waals surface area contributed by atoms with Crippen LogP contribution < -0.4 is 11.5 Å². The Morgan fingerprint density at radius 2 is 2.07 bits per heavy atom. The predicted molar refractivity (Wildman–Crippen MR) is 53.1 cm³/mol. The van der Waals surface area contributed by atoms with E-state index in [1.54, 1.807) is 24.6 Å². The Bertz CT molecular complexity index is 311. The van der Waals surface area contributed by atoms with Gasteiger partial charge in [0.05, 0.1) is 12.2 Å². The Morgan fingerprint density at radius 1 is 1.50 bits per heavy atom. The molecular weight excluding hydrogens is 183 g/mol. The summed E-state index contributed by atoms with van der Waals surface area (Å²) in [5.41, 5.74) is 8.52. The summed E-state index contributed by atoms with van der Waals surface area (Å²) in [5, 5.41) is 0. The Labute approximate surface area is 83.1 Å². The zero-order chi connectivity index (χ0) is 11.0. The molecule has 0 radical (unpaired) electrons. The second-order valence-electron chi connectivity index (χ2n) is 4.13. The van der Waals surface area contributed by atoms with Gasteiger partial charge in [-0.05, 0) is 20.8 Å². The van der Waals surface area contributed by atoms with Crippen LogP contribution in [0.5, 0.6) is 0 Å². The molecule has 0 fully saturated rings. The van der Waals surface area contributed by atoms with Gasteiger partial charge in [0.1, 0.15) is 5.82 Å². The quantitative estimate of drug-likeness (QED) is 0.755. The average Bonchev–Trinajstić information content (AvgIpc) is 2.49. The molecule has 0 bridgehead atoms. The minimum Gasteiger partial charge on any atom is -0.323 e. The maximum Gasteiger partial charge on any atom is 0.182 e. The summed E-state index contributed by atoms with van der Waals surface area (Å²) in [4.78, 5) is 3.95. The van der Waals surface area contributed by atoms with Crippen molar-refractivity contribution in [1.29, 1.82) is 0 Å². The molecule has 1 aromatic heterocycles. The summed E-state index contributed by atoms with van der Waals surface area (Å²) in [6.45, 7) is 4.87. The highest BCUT2D eigenvalue weighted by atomic mass is 19.1. The number of rotatable bonds is 3. The number of nitrogens with two attached hydrogens (primary N) is 2. The highest BCUT2D eigenvalue weighted by Gasteiger charge is 2.43. The van der Waals surface area contributed by atoms with Crippen LogP contribution >= 0.6 is 0 Å². The summed E-state index contributed by atoms with van der Waals surface area (Å²) in [7, 11) is 0. The van der Waals surface area contributed by atoms with Crippen molar-refractivity contribution >= 4 is 0 Å². The monoisotopic (exact) mass is 200 g/mol. The Kier molecular flexibility index (Phi) is 2.65. The van der Waals surface area contributed by atoms with Crippen LogP contribution in [0.1, 0.15) is 26.6 Å². The molecule has 0 aliphatic heterocycles. The predicted octanol–water partition coefficient (Wildman–Crippen LogP) is 0.721. The molecule has 1 rings (SSSR count). The van der Waals surface area contributed by atoms with Gasteiger partial charge < -0.3 is 16.0 Å².